The first kappa shape index (κ1) is 31.5. The van der Waals surface area contributed by atoms with Gasteiger partial charge in [-0.25, -0.2) is 0 Å². The minimum Gasteiger partial charge on any atom is -0.426 e. The number of rotatable bonds is 25. The second kappa shape index (κ2) is 25.5. The fourth-order valence-corrected chi connectivity index (χ4v) is 4.65. The molecule has 1 rings (SSSR count). The normalized spacial score (nSPS) is 11.3. The first-order chi connectivity index (χ1) is 17.3. The van der Waals surface area contributed by atoms with Crippen molar-refractivity contribution in [3.8, 4) is 5.75 Å². The highest BCUT2D eigenvalue weighted by molar-refractivity contribution is 5.73. The van der Waals surface area contributed by atoms with Gasteiger partial charge in [-0.1, -0.05) is 166 Å². The molecule has 0 fully saturated rings. The van der Waals surface area contributed by atoms with E-state index in [2.05, 4.69) is 13.0 Å². The number of hydrogen-bond acceptors (Lipinski definition) is 2. The highest BCUT2D eigenvalue weighted by Crippen LogP contribution is 2.15. The second-order valence-electron chi connectivity index (χ2n) is 10.3. The molecule has 35 heavy (non-hydrogen) atoms. The SMILES string of the molecule is CCCCCCCCCCCCCCCCCCCCCCC/C=C/CC(=O)Oc1ccccc1. The van der Waals surface area contributed by atoms with Crippen LogP contribution >= 0.6 is 0 Å². The molecule has 1 aromatic rings. The fraction of sp³-hybridized carbons (Fsp3) is 0.727. The highest BCUT2D eigenvalue weighted by Gasteiger charge is 2.01. The van der Waals surface area contributed by atoms with Gasteiger partial charge in [0.2, 0.25) is 0 Å². The molecule has 0 aliphatic carbocycles. The molecule has 0 aromatic heterocycles. The van der Waals surface area contributed by atoms with E-state index >= 15 is 0 Å². The summed E-state index contributed by atoms with van der Waals surface area (Å²) in [6.07, 6.45) is 35.3. The number of para-hydroxylation sites is 1. The Balaban J connectivity index is 1.72. The Labute approximate surface area is 218 Å². The summed E-state index contributed by atoms with van der Waals surface area (Å²) in [7, 11) is 0. The van der Waals surface area contributed by atoms with Crippen LogP contribution in [0.25, 0.3) is 0 Å². The molecule has 0 radical (unpaired) electrons. The van der Waals surface area contributed by atoms with Crippen molar-refractivity contribution in [2.75, 3.05) is 0 Å². The molecular weight excluding hydrogens is 428 g/mol. The van der Waals surface area contributed by atoms with Crippen LogP contribution < -0.4 is 4.74 Å². The molecular formula is C33H56O2. The van der Waals surface area contributed by atoms with Crippen LogP contribution in [0.4, 0.5) is 0 Å². The summed E-state index contributed by atoms with van der Waals surface area (Å²) in [6.45, 7) is 2.29. The molecule has 0 aliphatic rings. The topological polar surface area (TPSA) is 26.3 Å². The van der Waals surface area contributed by atoms with Gasteiger partial charge in [0.1, 0.15) is 5.75 Å². The standard InChI is InChI=1S/C33H56O2/c1-2-3-4-5-6-7-8-9-10-11-12-13-14-15-16-17-18-19-20-21-22-23-24-28-31-33(34)35-32-29-26-25-27-30-32/h24-30H,2-23,31H2,1H3/b28-24+. The zero-order valence-corrected chi connectivity index (χ0v) is 23.1. The van der Waals surface area contributed by atoms with E-state index in [0.717, 1.165) is 6.42 Å². The minimum absolute atomic E-state index is 0.189. The van der Waals surface area contributed by atoms with Crippen LogP contribution in [-0.4, -0.2) is 5.97 Å². The molecule has 0 heterocycles. The third kappa shape index (κ3) is 22.6. The van der Waals surface area contributed by atoms with Crippen molar-refractivity contribution in [1.29, 1.82) is 0 Å². The van der Waals surface area contributed by atoms with E-state index in [1.165, 1.54) is 135 Å². The number of carbonyl (C=O) groups excluding carboxylic acids is 1. The van der Waals surface area contributed by atoms with Crippen molar-refractivity contribution in [3.63, 3.8) is 0 Å². The first-order valence-electron chi connectivity index (χ1n) is 15.2. The molecule has 0 saturated carbocycles. The Kier molecular flexibility index (Phi) is 22.9. The van der Waals surface area contributed by atoms with Crippen LogP contribution in [0.2, 0.25) is 0 Å². The number of carbonyl (C=O) groups is 1. The Morgan fingerprint density at radius 2 is 0.971 bits per heavy atom. The van der Waals surface area contributed by atoms with Crippen LogP contribution in [0.3, 0.4) is 0 Å². The van der Waals surface area contributed by atoms with Gasteiger partial charge in [0.15, 0.2) is 0 Å². The summed E-state index contributed by atoms with van der Waals surface area (Å²) in [4.78, 5) is 11.8. The van der Waals surface area contributed by atoms with E-state index in [9.17, 15) is 4.79 Å². The van der Waals surface area contributed by atoms with E-state index in [-0.39, 0.29) is 5.97 Å². The lowest BCUT2D eigenvalue weighted by Crippen LogP contribution is -2.05. The lowest BCUT2D eigenvalue weighted by Gasteiger charge is -2.04. The van der Waals surface area contributed by atoms with E-state index in [1.807, 2.05) is 36.4 Å². The van der Waals surface area contributed by atoms with Gasteiger partial charge < -0.3 is 4.74 Å². The molecule has 0 atom stereocenters. The minimum atomic E-state index is -0.189. The van der Waals surface area contributed by atoms with E-state index in [1.54, 1.807) is 0 Å². The third-order valence-electron chi connectivity index (χ3n) is 6.90. The molecule has 0 unspecified atom stereocenters. The Morgan fingerprint density at radius 3 is 1.40 bits per heavy atom. The Bertz CT molecular complexity index is 592. The Morgan fingerprint density at radius 1 is 0.571 bits per heavy atom. The van der Waals surface area contributed by atoms with Gasteiger partial charge in [-0.15, -0.1) is 0 Å². The molecule has 0 aliphatic heterocycles. The maximum atomic E-state index is 11.8. The van der Waals surface area contributed by atoms with Crippen molar-refractivity contribution in [3.05, 3.63) is 42.5 Å². The monoisotopic (exact) mass is 484 g/mol. The summed E-state index contributed by atoms with van der Waals surface area (Å²) in [5.74, 6) is 0.432. The summed E-state index contributed by atoms with van der Waals surface area (Å²) < 4.78 is 5.28. The molecule has 200 valence electrons. The lowest BCUT2D eigenvalue weighted by molar-refractivity contribution is -0.133. The quantitative estimate of drug-likeness (QED) is 0.0597. The zero-order valence-electron chi connectivity index (χ0n) is 23.1. The second-order valence-corrected chi connectivity index (χ2v) is 10.3. The summed E-state index contributed by atoms with van der Waals surface area (Å²) in [5.41, 5.74) is 0. The van der Waals surface area contributed by atoms with Gasteiger partial charge in [-0.2, -0.15) is 0 Å². The predicted octanol–water partition coefficient (Wildman–Crippen LogP) is 11.1. The van der Waals surface area contributed by atoms with Crippen molar-refractivity contribution in [2.24, 2.45) is 0 Å². The van der Waals surface area contributed by atoms with Crippen LogP contribution in [0, 0.1) is 0 Å². The van der Waals surface area contributed by atoms with E-state index in [4.69, 9.17) is 4.74 Å². The van der Waals surface area contributed by atoms with Crippen molar-refractivity contribution in [1.82, 2.24) is 0 Å². The number of unbranched alkanes of at least 4 members (excludes halogenated alkanes) is 21. The summed E-state index contributed by atoms with van der Waals surface area (Å²) in [6, 6.07) is 9.28. The zero-order chi connectivity index (χ0) is 25.1. The van der Waals surface area contributed by atoms with Crippen LogP contribution in [0.15, 0.2) is 42.5 Å². The number of esters is 1. The average molecular weight is 485 g/mol. The van der Waals surface area contributed by atoms with Gasteiger partial charge in [0, 0.05) is 0 Å². The van der Waals surface area contributed by atoms with Crippen LogP contribution in [0.5, 0.6) is 5.75 Å². The van der Waals surface area contributed by atoms with Gasteiger partial charge >= 0.3 is 5.97 Å². The van der Waals surface area contributed by atoms with Gasteiger partial charge in [-0.3, -0.25) is 4.79 Å². The maximum absolute atomic E-state index is 11.8. The van der Waals surface area contributed by atoms with Gasteiger partial charge in [0.05, 0.1) is 6.42 Å². The van der Waals surface area contributed by atoms with Crippen LogP contribution in [-0.2, 0) is 4.79 Å². The third-order valence-corrected chi connectivity index (χ3v) is 6.90. The lowest BCUT2D eigenvalue weighted by atomic mass is 10.0. The molecule has 0 saturated heterocycles. The number of allylic oxidation sites excluding steroid dienone is 1. The molecule has 2 nitrogen and oxygen atoms in total. The average Bonchev–Trinajstić information content (AvgIpc) is 2.87. The summed E-state index contributed by atoms with van der Waals surface area (Å²) in [5, 5.41) is 0. The predicted molar refractivity (Wildman–Crippen MR) is 153 cm³/mol. The summed E-state index contributed by atoms with van der Waals surface area (Å²) >= 11 is 0. The van der Waals surface area contributed by atoms with Gasteiger partial charge in [0.25, 0.3) is 0 Å². The van der Waals surface area contributed by atoms with Crippen molar-refractivity contribution in [2.45, 2.75) is 155 Å². The van der Waals surface area contributed by atoms with Gasteiger partial charge in [-0.05, 0) is 25.0 Å². The smallest absolute Gasteiger partial charge is 0.315 e. The number of benzene rings is 1. The molecule has 1 aromatic carbocycles. The Hall–Kier alpha value is -1.57. The van der Waals surface area contributed by atoms with Crippen LogP contribution in [0.1, 0.15) is 155 Å². The molecule has 2 heteroatoms. The molecule has 0 amide bonds. The van der Waals surface area contributed by atoms with E-state index < -0.39 is 0 Å². The largest absolute Gasteiger partial charge is 0.426 e. The fourth-order valence-electron chi connectivity index (χ4n) is 4.65. The van der Waals surface area contributed by atoms with E-state index in [0.29, 0.717) is 12.2 Å². The first-order valence-corrected chi connectivity index (χ1v) is 15.2. The van der Waals surface area contributed by atoms with Crippen molar-refractivity contribution < 1.29 is 9.53 Å². The van der Waals surface area contributed by atoms with Crippen molar-refractivity contribution >= 4 is 5.97 Å². The number of hydrogen-bond donors (Lipinski definition) is 0. The highest BCUT2D eigenvalue weighted by atomic mass is 16.5. The molecule has 0 N–H and O–H groups in total. The number of ether oxygens (including phenoxy) is 1. The maximum Gasteiger partial charge on any atom is 0.315 e. The molecule has 0 spiro atoms. The molecule has 0 bridgehead atoms.